The van der Waals surface area contributed by atoms with Crippen LogP contribution in [0.5, 0.6) is 0 Å². The van der Waals surface area contributed by atoms with E-state index in [1.165, 1.54) is 0 Å². The summed E-state index contributed by atoms with van der Waals surface area (Å²) < 4.78 is 41.8. The number of alkyl halides is 3. The minimum absolute atomic E-state index is 0.00173. The van der Waals surface area contributed by atoms with Crippen LogP contribution in [0, 0.1) is 17.2 Å². The fourth-order valence-electron chi connectivity index (χ4n) is 2.41. The van der Waals surface area contributed by atoms with Crippen molar-refractivity contribution in [3.63, 3.8) is 0 Å². The van der Waals surface area contributed by atoms with Crippen molar-refractivity contribution in [1.29, 1.82) is 5.26 Å². The van der Waals surface area contributed by atoms with Crippen molar-refractivity contribution in [3.8, 4) is 6.07 Å². The normalized spacial score (nSPS) is 25.1. The second-order valence-electron chi connectivity index (χ2n) is 5.03. The summed E-state index contributed by atoms with van der Waals surface area (Å²) in [6.45, 7) is 1.67. The highest BCUT2D eigenvalue weighted by Gasteiger charge is 2.38. The van der Waals surface area contributed by atoms with Gasteiger partial charge in [0.1, 0.15) is 0 Å². The largest absolute Gasteiger partial charge is 0.455 e. The zero-order chi connectivity index (χ0) is 14.8. The lowest BCUT2D eigenvalue weighted by molar-refractivity contribution is -0.146. The summed E-state index contributed by atoms with van der Waals surface area (Å²) in [6, 6.07) is 1.85. The third-order valence-electron chi connectivity index (χ3n) is 3.41. The Morgan fingerprint density at radius 1 is 1.45 bits per heavy atom. The minimum Gasteiger partial charge on any atom is -0.337 e. The van der Waals surface area contributed by atoms with Gasteiger partial charge in [-0.05, 0) is 26.2 Å². The van der Waals surface area contributed by atoms with Gasteiger partial charge in [-0.1, -0.05) is 11.6 Å². The Kier molecular flexibility index (Phi) is 4.28. The molecule has 0 spiro atoms. The zero-order valence-electron chi connectivity index (χ0n) is 10.9. The second-order valence-corrected chi connectivity index (χ2v) is 5.03. The standard InChI is InChI=1S/C12H15F3N4O/c1-7(10-18-11(19-20-10)12(13,14)15)17-9-4-2-3-8(5-9)6-16/h7-9,17H,2-5H2,1H3. The Bertz CT molecular complexity index is 494. The van der Waals surface area contributed by atoms with Crippen LogP contribution in [0.2, 0.25) is 0 Å². The Morgan fingerprint density at radius 2 is 2.20 bits per heavy atom. The predicted molar refractivity (Wildman–Crippen MR) is 62.2 cm³/mol. The molecular weight excluding hydrogens is 273 g/mol. The maximum atomic E-state index is 12.4. The molecule has 0 saturated heterocycles. The summed E-state index contributed by atoms with van der Waals surface area (Å²) >= 11 is 0. The summed E-state index contributed by atoms with van der Waals surface area (Å²) in [6.07, 6.45) is -1.20. The van der Waals surface area contributed by atoms with Gasteiger partial charge in [0.2, 0.25) is 5.89 Å². The highest BCUT2D eigenvalue weighted by Crippen LogP contribution is 2.28. The highest BCUT2D eigenvalue weighted by atomic mass is 19.4. The maximum Gasteiger partial charge on any atom is 0.455 e. The molecule has 1 aromatic rings. The molecule has 110 valence electrons. The molecule has 0 amide bonds. The van der Waals surface area contributed by atoms with E-state index in [9.17, 15) is 13.2 Å². The number of hydrogen-bond donors (Lipinski definition) is 1. The molecule has 0 aliphatic heterocycles. The number of nitriles is 1. The quantitative estimate of drug-likeness (QED) is 0.925. The number of nitrogens with one attached hydrogen (secondary N) is 1. The molecule has 1 fully saturated rings. The van der Waals surface area contributed by atoms with E-state index < -0.39 is 18.0 Å². The molecule has 5 nitrogen and oxygen atoms in total. The average Bonchev–Trinajstić information content (AvgIpc) is 2.88. The number of nitrogens with zero attached hydrogens (tertiary/aromatic N) is 3. The lowest BCUT2D eigenvalue weighted by atomic mass is 9.86. The molecule has 0 bridgehead atoms. The van der Waals surface area contributed by atoms with E-state index in [2.05, 4.69) is 26.0 Å². The first-order valence-electron chi connectivity index (χ1n) is 6.46. The molecule has 3 atom stereocenters. The fourth-order valence-corrected chi connectivity index (χ4v) is 2.41. The maximum absolute atomic E-state index is 12.4. The Morgan fingerprint density at radius 3 is 2.80 bits per heavy atom. The number of hydrogen-bond acceptors (Lipinski definition) is 5. The topological polar surface area (TPSA) is 74.7 Å². The third-order valence-corrected chi connectivity index (χ3v) is 3.41. The molecule has 1 saturated carbocycles. The zero-order valence-corrected chi connectivity index (χ0v) is 10.9. The van der Waals surface area contributed by atoms with Gasteiger partial charge in [-0.15, -0.1) is 0 Å². The number of aromatic nitrogens is 2. The monoisotopic (exact) mass is 288 g/mol. The molecule has 1 aliphatic carbocycles. The molecule has 1 heterocycles. The Hall–Kier alpha value is -1.62. The second kappa shape index (κ2) is 5.79. The van der Waals surface area contributed by atoms with Crippen LogP contribution in [0.3, 0.4) is 0 Å². The van der Waals surface area contributed by atoms with E-state index in [0.29, 0.717) is 6.42 Å². The van der Waals surface area contributed by atoms with Gasteiger partial charge in [0.15, 0.2) is 0 Å². The molecule has 0 aromatic carbocycles. The van der Waals surface area contributed by atoms with Crippen molar-refractivity contribution in [2.24, 2.45) is 5.92 Å². The van der Waals surface area contributed by atoms with E-state index in [0.717, 1.165) is 19.3 Å². The van der Waals surface area contributed by atoms with Crippen molar-refractivity contribution >= 4 is 0 Å². The summed E-state index contributed by atoms with van der Waals surface area (Å²) in [5.41, 5.74) is 0. The predicted octanol–water partition coefficient (Wildman–Crippen LogP) is 2.82. The van der Waals surface area contributed by atoms with Crippen LogP contribution in [0.15, 0.2) is 4.52 Å². The fraction of sp³-hybridized carbons (Fsp3) is 0.750. The van der Waals surface area contributed by atoms with Crippen LogP contribution in [0.1, 0.15) is 50.4 Å². The lowest BCUT2D eigenvalue weighted by Crippen LogP contribution is -2.35. The van der Waals surface area contributed by atoms with Crippen molar-refractivity contribution < 1.29 is 17.7 Å². The first-order chi connectivity index (χ1) is 9.40. The van der Waals surface area contributed by atoms with E-state index in [4.69, 9.17) is 5.26 Å². The molecule has 20 heavy (non-hydrogen) atoms. The molecule has 8 heteroatoms. The van der Waals surface area contributed by atoms with Gasteiger partial charge in [-0.3, -0.25) is 0 Å². The summed E-state index contributed by atoms with van der Waals surface area (Å²) in [7, 11) is 0. The smallest absolute Gasteiger partial charge is 0.337 e. The van der Waals surface area contributed by atoms with Crippen LogP contribution >= 0.6 is 0 Å². The lowest BCUT2D eigenvalue weighted by Gasteiger charge is -2.27. The van der Waals surface area contributed by atoms with Gasteiger partial charge < -0.3 is 9.84 Å². The molecule has 3 unspecified atom stereocenters. The van der Waals surface area contributed by atoms with Gasteiger partial charge in [0, 0.05) is 12.0 Å². The summed E-state index contributed by atoms with van der Waals surface area (Å²) in [4.78, 5) is 3.36. The Balaban J connectivity index is 1.96. The van der Waals surface area contributed by atoms with Gasteiger partial charge in [0.25, 0.3) is 5.82 Å². The first-order valence-corrected chi connectivity index (χ1v) is 6.46. The SMILES string of the molecule is CC(NC1CCCC(C#N)C1)c1nc(C(F)(F)F)no1. The van der Waals surface area contributed by atoms with Crippen molar-refractivity contribution in [2.75, 3.05) is 0 Å². The molecular formula is C12H15F3N4O. The van der Waals surface area contributed by atoms with E-state index >= 15 is 0 Å². The third kappa shape index (κ3) is 3.48. The van der Waals surface area contributed by atoms with E-state index in [1.54, 1.807) is 6.92 Å². The van der Waals surface area contributed by atoms with Crippen LogP contribution < -0.4 is 5.32 Å². The van der Waals surface area contributed by atoms with Crippen LogP contribution in [-0.2, 0) is 6.18 Å². The van der Waals surface area contributed by atoms with Crippen LogP contribution in [0.25, 0.3) is 0 Å². The number of rotatable bonds is 3. The Labute approximate surface area is 114 Å². The van der Waals surface area contributed by atoms with Crippen molar-refractivity contribution in [3.05, 3.63) is 11.7 Å². The van der Waals surface area contributed by atoms with E-state index in [1.807, 2.05) is 0 Å². The molecule has 1 N–H and O–H groups in total. The molecule has 1 aliphatic rings. The van der Waals surface area contributed by atoms with Crippen molar-refractivity contribution in [2.45, 2.75) is 50.9 Å². The summed E-state index contributed by atoms with van der Waals surface area (Å²) in [5.74, 6) is -1.35. The van der Waals surface area contributed by atoms with Gasteiger partial charge in [0.05, 0.1) is 12.1 Å². The minimum atomic E-state index is -4.60. The van der Waals surface area contributed by atoms with Crippen LogP contribution in [-0.4, -0.2) is 16.2 Å². The van der Waals surface area contributed by atoms with Crippen LogP contribution in [0.4, 0.5) is 13.2 Å². The average molecular weight is 288 g/mol. The van der Waals surface area contributed by atoms with Gasteiger partial charge >= 0.3 is 6.18 Å². The molecule has 1 aromatic heterocycles. The van der Waals surface area contributed by atoms with Crippen molar-refractivity contribution in [1.82, 2.24) is 15.5 Å². The summed E-state index contributed by atoms with van der Waals surface area (Å²) in [5, 5.41) is 15.0. The van der Waals surface area contributed by atoms with Gasteiger partial charge in [-0.2, -0.15) is 23.4 Å². The number of halogens is 3. The first kappa shape index (κ1) is 14.8. The molecule has 2 rings (SSSR count). The van der Waals surface area contributed by atoms with E-state index in [-0.39, 0.29) is 17.9 Å². The molecule has 0 radical (unpaired) electrons. The highest BCUT2D eigenvalue weighted by molar-refractivity contribution is 4.97. The van der Waals surface area contributed by atoms with Gasteiger partial charge in [-0.25, -0.2) is 0 Å².